The Morgan fingerprint density at radius 2 is 1.82 bits per heavy atom. The van der Waals surface area contributed by atoms with Crippen LogP contribution in [0.15, 0.2) is 41.4 Å². The summed E-state index contributed by atoms with van der Waals surface area (Å²) in [5, 5.41) is 6.20. The van der Waals surface area contributed by atoms with Gasteiger partial charge in [-0.1, -0.05) is 0 Å². The van der Waals surface area contributed by atoms with Gasteiger partial charge in [-0.25, -0.2) is 8.78 Å². The van der Waals surface area contributed by atoms with Crippen molar-refractivity contribution in [2.45, 2.75) is 6.92 Å². The number of rotatable bonds is 8. The number of benzene rings is 2. The van der Waals surface area contributed by atoms with Crippen molar-refractivity contribution in [1.29, 1.82) is 0 Å². The molecule has 0 aliphatic rings. The van der Waals surface area contributed by atoms with Crippen LogP contribution in [0.4, 0.5) is 14.5 Å². The predicted octanol–water partition coefficient (Wildman–Crippen LogP) is 4.06. The van der Waals surface area contributed by atoms with Crippen LogP contribution in [0, 0.1) is 11.6 Å². The van der Waals surface area contributed by atoms with Crippen LogP contribution in [-0.2, 0) is 0 Å². The van der Waals surface area contributed by atoms with Crippen LogP contribution in [0.5, 0.6) is 17.2 Å². The van der Waals surface area contributed by atoms with E-state index in [1.54, 1.807) is 20.2 Å². The first kappa shape index (κ1) is 23.7. The van der Waals surface area contributed by atoms with E-state index in [-0.39, 0.29) is 36.3 Å². The highest BCUT2D eigenvalue weighted by molar-refractivity contribution is 14.0. The molecule has 0 aliphatic carbocycles. The lowest BCUT2D eigenvalue weighted by atomic mass is 10.2. The number of hydrogen-bond acceptors (Lipinski definition) is 4. The topological polar surface area (TPSA) is 64.1 Å². The molecule has 9 heteroatoms. The smallest absolute Gasteiger partial charge is 0.195 e. The third kappa shape index (κ3) is 7.02. The van der Waals surface area contributed by atoms with Gasteiger partial charge in [0.1, 0.15) is 12.4 Å². The van der Waals surface area contributed by atoms with Crippen LogP contribution in [0.3, 0.4) is 0 Å². The Morgan fingerprint density at radius 3 is 2.46 bits per heavy atom. The van der Waals surface area contributed by atoms with Crippen molar-refractivity contribution in [2.75, 3.05) is 39.2 Å². The van der Waals surface area contributed by atoms with Gasteiger partial charge in [-0.3, -0.25) is 4.99 Å². The van der Waals surface area contributed by atoms with E-state index in [0.29, 0.717) is 30.6 Å². The predicted molar refractivity (Wildman–Crippen MR) is 116 cm³/mol. The van der Waals surface area contributed by atoms with E-state index in [4.69, 9.17) is 14.2 Å². The number of hydrogen-bond donors (Lipinski definition) is 2. The molecule has 0 amide bonds. The maximum Gasteiger partial charge on any atom is 0.195 e. The van der Waals surface area contributed by atoms with Gasteiger partial charge >= 0.3 is 0 Å². The Kier molecular flexibility index (Phi) is 10.4. The van der Waals surface area contributed by atoms with Gasteiger partial charge in [-0.05, 0) is 31.2 Å². The molecule has 2 aromatic rings. The van der Waals surface area contributed by atoms with E-state index in [2.05, 4.69) is 15.6 Å². The first-order chi connectivity index (χ1) is 13.1. The van der Waals surface area contributed by atoms with Crippen molar-refractivity contribution in [3.8, 4) is 17.2 Å². The van der Waals surface area contributed by atoms with Crippen molar-refractivity contribution in [2.24, 2.45) is 4.99 Å². The van der Waals surface area contributed by atoms with Crippen molar-refractivity contribution < 1.29 is 23.0 Å². The molecule has 28 heavy (non-hydrogen) atoms. The van der Waals surface area contributed by atoms with Gasteiger partial charge in [0.25, 0.3) is 0 Å². The van der Waals surface area contributed by atoms with Crippen LogP contribution in [-0.4, -0.2) is 39.9 Å². The molecule has 6 nitrogen and oxygen atoms in total. The summed E-state index contributed by atoms with van der Waals surface area (Å²) in [5.74, 6) is 0.206. The average Bonchev–Trinajstić information content (AvgIpc) is 2.67. The summed E-state index contributed by atoms with van der Waals surface area (Å²) < 4.78 is 42.2. The Balaban J connectivity index is 0.00000392. The Morgan fingerprint density at radius 1 is 1.04 bits per heavy atom. The molecule has 2 aromatic carbocycles. The number of guanidine groups is 1. The van der Waals surface area contributed by atoms with E-state index in [1.807, 2.05) is 19.1 Å². The van der Waals surface area contributed by atoms with Crippen molar-refractivity contribution in [3.63, 3.8) is 0 Å². The van der Waals surface area contributed by atoms with Crippen molar-refractivity contribution >= 4 is 35.6 Å². The molecule has 0 aliphatic heterocycles. The number of methoxy groups -OCH3 is 1. The molecule has 154 valence electrons. The minimum absolute atomic E-state index is 0. The van der Waals surface area contributed by atoms with Gasteiger partial charge in [0.05, 0.1) is 20.3 Å². The molecule has 0 radical (unpaired) electrons. The summed E-state index contributed by atoms with van der Waals surface area (Å²) >= 11 is 0. The SMILES string of the molecule is CCOc1cc(NC(=NC)NCCOc2ccc(F)c(F)c2)ccc1OC.I. The number of nitrogens with zero attached hydrogens (tertiary/aromatic N) is 1. The second-order valence-electron chi connectivity index (χ2n) is 5.35. The van der Waals surface area contributed by atoms with E-state index in [1.165, 1.54) is 6.07 Å². The highest BCUT2D eigenvalue weighted by Gasteiger charge is 2.07. The van der Waals surface area contributed by atoms with Gasteiger partial charge in [0, 0.05) is 24.9 Å². The van der Waals surface area contributed by atoms with Gasteiger partial charge in [0.2, 0.25) is 0 Å². The molecule has 0 saturated carbocycles. The Bertz CT molecular complexity index is 791. The third-order valence-corrected chi connectivity index (χ3v) is 3.50. The summed E-state index contributed by atoms with van der Waals surface area (Å²) in [5.41, 5.74) is 0.772. The van der Waals surface area contributed by atoms with Crippen LogP contribution in [0.1, 0.15) is 6.92 Å². The fourth-order valence-corrected chi connectivity index (χ4v) is 2.24. The minimum Gasteiger partial charge on any atom is -0.493 e. The largest absolute Gasteiger partial charge is 0.493 e. The van der Waals surface area contributed by atoms with E-state index in [9.17, 15) is 8.78 Å². The molecular formula is C19H24F2IN3O3. The standard InChI is InChI=1S/C19H23F2N3O3.HI/c1-4-26-18-11-13(5-8-17(18)25-3)24-19(22-2)23-9-10-27-14-6-7-15(20)16(21)12-14;/h5-8,11-12H,4,9-10H2,1-3H3,(H2,22,23,24);1H. The van der Waals surface area contributed by atoms with Crippen LogP contribution in [0.2, 0.25) is 0 Å². The van der Waals surface area contributed by atoms with E-state index < -0.39 is 11.6 Å². The molecule has 0 aromatic heterocycles. The first-order valence-electron chi connectivity index (χ1n) is 8.43. The number of aliphatic imine (C=N–C) groups is 1. The molecule has 0 bridgehead atoms. The van der Waals surface area contributed by atoms with E-state index in [0.717, 1.165) is 17.8 Å². The lowest BCUT2D eigenvalue weighted by Crippen LogP contribution is -2.33. The summed E-state index contributed by atoms with van der Waals surface area (Å²) in [7, 11) is 3.22. The van der Waals surface area contributed by atoms with Gasteiger partial charge in [0.15, 0.2) is 29.1 Å². The number of anilines is 1. The molecule has 0 heterocycles. The van der Waals surface area contributed by atoms with Crippen molar-refractivity contribution in [1.82, 2.24) is 5.32 Å². The van der Waals surface area contributed by atoms with Gasteiger partial charge in [-0.2, -0.15) is 0 Å². The van der Waals surface area contributed by atoms with E-state index >= 15 is 0 Å². The monoisotopic (exact) mass is 507 g/mol. The summed E-state index contributed by atoms with van der Waals surface area (Å²) in [6, 6.07) is 8.86. The molecular weight excluding hydrogens is 483 g/mol. The second kappa shape index (κ2) is 12.2. The molecule has 2 N–H and O–H groups in total. The molecule has 0 unspecified atom stereocenters. The number of ether oxygens (including phenoxy) is 3. The third-order valence-electron chi connectivity index (χ3n) is 3.50. The molecule has 0 saturated heterocycles. The zero-order valence-corrected chi connectivity index (χ0v) is 18.3. The van der Waals surface area contributed by atoms with Gasteiger partial charge in [-0.15, -0.1) is 24.0 Å². The summed E-state index contributed by atoms with van der Waals surface area (Å²) in [4.78, 5) is 4.13. The van der Waals surface area contributed by atoms with Crippen LogP contribution < -0.4 is 24.8 Å². The molecule has 0 fully saturated rings. The normalized spacial score (nSPS) is 10.7. The zero-order chi connectivity index (χ0) is 19.6. The quantitative estimate of drug-likeness (QED) is 0.244. The lowest BCUT2D eigenvalue weighted by Gasteiger charge is -2.15. The minimum atomic E-state index is -0.942. The maximum absolute atomic E-state index is 13.1. The fraction of sp³-hybridized carbons (Fsp3) is 0.316. The highest BCUT2D eigenvalue weighted by Crippen LogP contribution is 2.30. The number of halogens is 3. The first-order valence-corrected chi connectivity index (χ1v) is 8.43. The summed E-state index contributed by atoms with van der Waals surface area (Å²) in [6.45, 7) is 3.08. The van der Waals surface area contributed by atoms with Crippen molar-refractivity contribution in [3.05, 3.63) is 48.0 Å². The molecule has 0 spiro atoms. The average molecular weight is 507 g/mol. The zero-order valence-electron chi connectivity index (χ0n) is 15.9. The van der Waals surface area contributed by atoms with Crippen LogP contribution in [0.25, 0.3) is 0 Å². The summed E-state index contributed by atoms with van der Waals surface area (Å²) in [6.07, 6.45) is 0. The molecule has 2 rings (SSSR count). The van der Waals surface area contributed by atoms with Crippen LogP contribution >= 0.6 is 24.0 Å². The molecule has 0 atom stereocenters. The highest BCUT2D eigenvalue weighted by atomic mass is 127. The maximum atomic E-state index is 13.1. The van der Waals surface area contributed by atoms with Gasteiger partial charge < -0.3 is 24.8 Å². The second-order valence-corrected chi connectivity index (χ2v) is 5.35. The Hall–Kier alpha value is -2.30. The number of nitrogens with one attached hydrogen (secondary N) is 2. The lowest BCUT2D eigenvalue weighted by molar-refractivity contribution is 0.311. The fourth-order valence-electron chi connectivity index (χ4n) is 2.24. The Labute approximate surface area is 180 Å².